The maximum Gasteiger partial charge on any atom is 0.291 e. The molecule has 0 radical (unpaired) electrons. The number of anilines is 1. The van der Waals surface area contributed by atoms with Crippen LogP contribution in [0.15, 0.2) is 112 Å². The van der Waals surface area contributed by atoms with Crippen LogP contribution in [0, 0.1) is 6.92 Å². The molecule has 0 saturated heterocycles. The normalized spacial score (nSPS) is 17.8. The Morgan fingerprint density at radius 2 is 1.46 bits per heavy atom. The predicted octanol–water partition coefficient (Wildman–Crippen LogP) is 5.55. The van der Waals surface area contributed by atoms with E-state index in [4.69, 9.17) is 4.42 Å². The highest BCUT2D eigenvalue weighted by atomic mass is 16.3. The lowest BCUT2D eigenvalue weighted by atomic mass is 9.83. The van der Waals surface area contributed by atoms with Crippen molar-refractivity contribution >= 4 is 28.5 Å². The Kier molecular flexibility index (Phi) is 5.07. The van der Waals surface area contributed by atoms with Crippen molar-refractivity contribution in [1.82, 2.24) is 4.90 Å². The molecule has 2 amide bonds. The first kappa shape index (κ1) is 23.2. The summed E-state index contributed by atoms with van der Waals surface area (Å²) in [5.74, 6) is -0.886. The van der Waals surface area contributed by atoms with E-state index in [1.165, 1.54) is 4.90 Å². The van der Waals surface area contributed by atoms with Crippen molar-refractivity contribution in [3.05, 3.63) is 147 Å². The van der Waals surface area contributed by atoms with E-state index in [-0.39, 0.29) is 29.2 Å². The molecule has 5 aromatic rings. The molecule has 1 spiro atoms. The van der Waals surface area contributed by atoms with Crippen molar-refractivity contribution in [2.75, 3.05) is 4.90 Å². The summed E-state index contributed by atoms with van der Waals surface area (Å²) in [4.78, 5) is 46.4. The van der Waals surface area contributed by atoms with Gasteiger partial charge < -0.3 is 14.2 Å². The summed E-state index contributed by atoms with van der Waals surface area (Å²) in [6, 6.07) is 31.8. The van der Waals surface area contributed by atoms with Crippen LogP contribution in [0.1, 0.15) is 38.4 Å². The highest BCUT2D eigenvalue weighted by Crippen LogP contribution is 2.53. The summed E-state index contributed by atoms with van der Waals surface area (Å²) >= 11 is 0. The lowest BCUT2D eigenvalue weighted by Gasteiger charge is -2.34. The molecule has 3 heterocycles. The molecular weight excluding hydrogens is 488 g/mol. The number of aryl methyl sites for hydroxylation is 1. The average Bonchev–Trinajstić information content (AvgIpc) is 3.34. The van der Waals surface area contributed by atoms with E-state index in [0.717, 1.165) is 16.7 Å². The third-order valence-corrected chi connectivity index (χ3v) is 7.75. The number of carbonyl (C=O) groups excluding carboxylic acids is 2. The van der Waals surface area contributed by atoms with Gasteiger partial charge in [0.25, 0.3) is 11.8 Å². The molecule has 4 aromatic carbocycles. The molecule has 7 rings (SSSR count). The number of rotatable bonds is 4. The van der Waals surface area contributed by atoms with Gasteiger partial charge in [0.05, 0.1) is 23.2 Å². The van der Waals surface area contributed by atoms with Crippen LogP contribution >= 0.6 is 0 Å². The first-order valence-electron chi connectivity index (χ1n) is 12.9. The monoisotopic (exact) mass is 512 g/mol. The third-order valence-electron chi connectivity index (χ3n) is 7.75. The predicted molar refractivity (Wildman–Crippen MR) is 148 cm³/mol. The van der Waals surface area contributed by atoms with Crippen LogP contribution in [0.4, 0.5) is 5.69 Å². The van der Waals surface area contributed by atoms with E-state index in [1.54, 1.807) is 29.2 Å². The van der Waals surface area contributed by atoms with Crippen molar-refractivity contribution in [3.63, 3.8) is 0 Å². The maximum atomic E-state index is 14.8. The molecule has 0 saturated carbocycles. The highest BCUT2D eigenvalue weighted by Gasteiger charge is 2.64. The van der Waals surface area contributed by atoms with E-state index < -0.39 is 11.4 Å². The lowest BCUT2D eigenvalue weighted by Crippen LogP contribution is -2.52. The van der Waals surface area contributed by atoms with Gasteiger partial charge in [0.2, 0.25) is 5.76 Å². The number of benzene rings is 4. The highest BCUT2D eigenvalue weighted by molar-refractivity contribution is 6.17. The molecule has 39 heavy (non-hydrogen) atoms. The Labute approximate surface area is 224 Å². The summed E-state index contributed by atoms with van der Waals surface area (Å²) in [6.45, 7) is 2.45. The number of carbonyl (C=O) groups is 2. The van der Waals surface area contributed by atoms with Crippen LogP contribution in [0.25, 0.3) is 11.0 Å². The minimum atomic E-state index is -1.65. The molecule has 1 atom stereocenters. The SMILES string of the molecule is Cc1cccc(CN2C(=O)C3(c4ccccc42)c2c(oc4ccccc4c2=O)C(=O)N3Cc2ccccc2)c1. The average molecular weight is 513 g/mol. The van der Waals surface area contributed by atoms with Gasteiger partial charge in [0.15, 0.2) is 11.0 Å². The second kappa shape index (κ2) is 8.53. The number of amides is 2. The Morgan fingerprint density at radius 3 is 2.28 bits per heavy atom. The lowest BCUT2D eigenvalue weighted by molar-refractivity contribution is -0.126. The van der Waals surface area contributed by atoms with Gasteiger partial charge in [-0.05, 0) is 36.2 Å². The van der Waals surface area contributed by atoms with Crippen LogP contribution < -0.4 is 10.3 Å². The summed E-state index contributed by atoms with van der Waals surface area (Å²) in [6.07, 6.45) is 0. The first-order chi connectivity index (χ1) is 19.0. The van der Waals surface area contributed by atoms with Crippen LogP contribution in [0.3, 0.4) is 0 Å². The first-order valence-corrected chi connectivity index (χ1v) is 12.9. The van der Waals surface area contributed by atoms with E-state index >= 15 is 0 Å². The van der Waals surface area contributed by atoms with Gasteiger partial charge >= 0.3 is 0 Å². The fourth-order valence-corrected chi connectivity index (χ4v) is 6.07. The van der Waals surface area contributed by atoms with Gasteiger partial charge in [-0.3, -0.25) is 14.4 Å². The summed E-state index contributed by atoms with van der Waals surface area (Å²) < 4.78 is 6.12. The van der Waals surface area contributed by atoms with Gasteiger partial charge in [0, 0.05) is 12.1 Å². The third kappa shape index (κ3) is 3.24. The zero-order valence-electron chi connectivity index (χ0n) is 21.3. The minimum absolute atomic E-state index is 0.0739. The molecule has 1 unspecified atom stereocenters. The topological polar surface area (TPSA) is 70.8 Å². The van der Waals surface area contributed by atoms with E-state index in [1.807, 2.05) is 85.8 Å². The summed E-state index contributed by atoms with van der Waals surface area (Å²) in [5.41, 5.74) is 2.57. The van der Waals surface area contributed by atoms with Crippen molar-refractivity contribution in [1.29, 1.82) is 0 Å². The van der Waals surface area contributed by atoms with E-state index in [2.05, 4.69) is 0 Å². The Hall–Kier alpha value is -4.97. The van der Waals surface area contributed by atoms with Crippen molar-refractivity contribution in [3.8, 4) is 0 Å². The van der Waals surface area contributed by atoms with Gasteiger partial charge in [-0.1, -0.05) is 90.5 Å². The summed E-state index contributed by atoms with van der Waals surface area (Å²) in [5, 5.41) is 0.340. The van der Waals surface area contributed by atoms with Gasteiger partial charge in [-0.2, -0.15) is 0 Å². The minimum Gasteiger partial charge on any atom is -0.450 e. The van der Waals surface area contributed by atoms with Gasteiger partial charge in [-0.15, -0.1) is 0 Å². The smallest absolute Gasteiger partial charge is 0.291 e. The number of hydrogen-bond donors (Lipinski definition) is 0. The van der Waals surface area contributed by atoms with Crippen LogP contribution in [0.2, 0.25) is 0 Å². The molecule has 0 aliphatic carbocycles. The molecule has 2 aliphatic heterocycles. The Balaban J connectivity index is 1.51. The van der Waals surface area contributed by atoms with Crippen molar-refractivity contribution in [2.45, 2.75) is 25.6 Å². The molecule has 0 N–H and O–H groups in total. The van der Waals surface area contributed by atoms with Crippen molar-refractivity contribution < 1.29 is 14.0 Å². The quantitative estimate of drug-likeness (QED) is 0.317. The zero-order valence-corrected chi connectivity index (χ0v) is 21.3. The molecule has 0 fully saturated rings. The Morgan fingerprint density at radius 1 is 0.744 bits per heavy atom. The molecule has 6 nitrogen and oxygen atoms in total. The van der Waals surface area contributed by atoms with Gasteiger partial charge in [0.1, 0.15) is 5.58 Å². The number of fused-ring (bicyclic) bond motifs is 5. The fraction of sp³-hybridized carbons (Fsp3) is 0.121. The molecule has 1 aromatic heterocycles. The zero-order chi connectivity index (χ0) is 26.7. The standard InChI is InChI=1S/C33H24N2O4/c1-21-10-9-13-23(18-21)19-34-26-16-7-6-15-25(26)33(32(34)38)28-29(36)24-14-5-8-17-27(24)39-30(28)31(37)35(33)20-22-11-3-2-4-12-22/h2-18H,19-20H2,1H3. The second-order valence-electron chi connectivity index (χ2n) is 10.1. The number of nitrogens with zero attached hydrogens (tertiary/aromatic N) is 2. The number of para-hydroxylation sites is 2. The molecule has 6 heteroatoms. The maximum absolute atomic E-state index is 14.8. The van der Waals surface area contributed by atoms with Gasteiger partial charge in [-0.25, -0.2) is 0 Å². The van der Waals surface area contributed by atoms with Crippen LogP contribution in [-0.2, 0) is 23.4 Å². The van der Waals surface area contributed by atoms with Crippen LogP contribution in [-0.4, -0.2) is 16.7 Å². The number of hydrogen-bond acceptors (Lipinski definition) is 4. The molecule has 0 bridgehead atoms. The molecule has 2 aliphatic rings. The largest absolute Gasteiger partial charge is 0.450 e. The van der Waals surface area contributed by atoms with Crippen molar-refractivity contribution in [2.24, 2.45) is 0 Å². The second-order valence-corrected chi connectivity index (χ2v) is 10.1. The van der Waals surface area contributed by atoms with E-state index in [9.17, 15) is 14.4 Å². The van der Waals surface area contributed by atoms with E-state index in [0.29, 0.717) is 28.8 Å². The fourth-order valence-electron chi connectivity index (χ4n) is 6.07. The molecule has 190 valence electrons. The Bertz CT molecular complexity index is 1860. The van der Waals surface area contributed by atoms with Crippen LogP contribution in [0.5, 0.6) is 0 Å². The summed E-state index contributed by atoms with van der Waals surface area (Å²) in [7, 11) is 0. The molecular formula is C33H24N2O4.